The van der Waals surface area contributed by atoms with Gasteiger partial charge in [-0.1, -0.05) is 66.2 Å². The van der Waals surface area contributed by atoms with Crippen molar-refractivity contribution in [2.45, 2.75) is 73.4 Å². The maximum Gasteiger partial charge on any atom is 0.258 e. The zero-order chi connectivity index (χ0) is 27.4. The Morgan fingerprint density at radius 2 is 1.84 bits per heavy atom. The Morgan fingerprint density at radius 3 is 2.41 bits per heavy atom. The number of carbonyl (C=O) groups excluding carboxylic acids is 1. The molecule has 2 aromatic heterocycles. The highest BCUT2D eigenvalue weighted by Crippen LogP contribution is 2.36. The van der Waals surface area contributed by atoms with Crippen molar-refractivity contribution in [1.82, 2.24) is 20.2 Å². The van der Waals surface area contributed by atoms with E-state index < -0.39 is 0 Å². The molecule has 0 radical (unpaired) electrons. The highest BCUT2D eigenvalue weighted by Gasteiger charge is 2.20. The number of carbonyl (C=O) groups is 1. The van der Waals surface area contributed by atoms with Gasteiger partial charge in [0.25, 0.3) is 5.91 Å². The lowest BCUT2D eigenvalue weighted by Gasteiger charge is -2.15. The van der Waals surface area contributed by atoms with Crippen LogP contribution in [0, 0.1) is 6.92 Å². The maximum absolute atomic E-state index is 13.6. The largest absolute Gasteiger partial charge is 0.298 e. The van der Waals surface area contributed by atoms with Crippen molar-refractivity contribution in [3.8, 4) is 0 Å². The number of thioether (sulfide) groups is 2. The van der Waals surface area contributed by atoms with Gasteiger partial charge >= 0.3 is 0 Å². The summed E-state index contributed by atoms with van der Waals surface area (Å²) in [7, 11) is 0. The third-order valence-electron chi connectivity index (χ3n) is 5.14. The Balaban J connectivity index is 2.58. The number of nitrogens with zero attached hydrogens (tertiary/aromatic N) is 3. The normalized spacial score (nSPS) is 13.9. The van der Waals surface area contributed by atoms with Crippen molar-refractivity contribution in [2.75, 3.05) is 5.32 Å². The fraction of sp³-hybridized carbons (Fsp3) is 0.357. The minimum Gasteiger partial charge on any atom is -0.298 e. The number of anilines is 1. The summed E-state index contributed by atoms with van der Waals surface area (Å²) in [6.07, 6.45) is 13.9. The molecule has 0 unspecified atom stereocenters. The summed E-state index contributed by atoms with van der Waals surface area (Å²) in [6, 6.07) is 0. The van der Waals surface area contributed by atoms with E-state index in [1.807, 2.05) is 38.3 Å². The predicted octanol–water partition coefficient (Wildman–Crippen LogP) is 8.75. The van der Waals surface area contributed by atoms with Gasteiger partial charge in [0, 0.05) is 21.4 Å². The van der Waals surface area contributed by atoms with Crippen LogP contribution in [0.2, 0.25) is 0 Å². The molecule has 0 spiro atoms. The molecule has 2 N–H and O–H groups in total. The first-order valence-electron chi connectivity index (χ1n) is 12.2. The molecule has 2 rings (SSSR count). The second kappa shape index (κ2) is 15.6. The molecule has 0 aromatic carbocycles. The molecule has 0 bridgehead atoms. The molecule has 0 aliphatic heterocycles. The van der Waals surface area contributed by atoms with Gasteiger partial charge in [-0.3, -0.25) is 15.2 Å². The van der Waals surface area contributed by atoms with Crippen LogP contribution in [0.15, 0.2) is 84.1 Å². The first kappa shape index (κ1) is 30.6. The van der Waals surface area contributed by atoms with E-state index in [9.17, 15) is 4.79 Å². The van der Waals surface area contributed by atoms with Gasteiger partial charge in [0.05, 0.1) is 5.57 Å². The third-order valence-corrected chi connectivity index (χ3v) is 7.70. The van der Waals surface area contributed by atoms with Gasteiger partial charge in [-0.2, -0.15) is 0 Å². The Hall–Kier alpha value is -2.62. The Kier molecular flexibility index (Phi) is 12.9. The van der Waals surface area contributed by atoms with Gasteiger partial charge in [-0.15, -0.1) is 16.4 Å². The molecule has 0 saturated carbocycles. The Morgan fingerprint density at radius 1 is 1.08 bits per heavy atom. The quantitative estimate of drug-likeness (QED) is 0.155. The van der Waals surface area contributed by atoms with Gasteiger partial charge in [0.1, 0.15) is 5.82 Å². The number of hydrogen-bond acceptors (Lipinski definition) is 7. The summed E-state index contributed by atoms with van der Waals surface area (Å²) in [4.78, 5) is 25.1. The van der Waals surface area contributed by atoms with Crippen LogP contribution in [-0.2, 0) is 4.79 Å². The molecule has 2 heterocycles. The minimum absolute atomic E-state index is 0.158. The van der Waals surface area contributed by atoms with Gasteiger partial charge in [-0.25, -0.2) is 9.97 Å². The van der Waals surface area contributed by atoms with E-state index in [1.54, 1.807) is 18.0 Å². The highest BCUT2D eigenvalue weighted by molar-refractivity contribution is 8.07. The highest BCUT2D eigenvalue weighted by atomic mass is 32.2. The number of hydrogen-bond donors (Lipinski definition) is 2. The smallest absolute Gasteiger partial charge is 0.258 e. The van der Waals surface area contributed by atoms with E-state index in [-0.39, 0.29) is 5.91 Å². The standard InChI is InChI=1S/C28H37N5OS3/c1-9-19(5)17-23(13-11-18(3)4)37-24(14-12-21(7)36-28-30-22(8)32-33-28)25(20(6)10-2)26(34)31-27-29-15-16-35-27/h11-17H,9-10H2,1-8H3,(H,29,31,34)(H,30,32,33)/b19-17?,21-12+,23-13+,24-14+,25-20-. The van der Waals surface area contributed by atoms with E-state index in [0.29, 0.717) is 15.9 Å². The zero-order valence-corrected chi connectivity index (χ0v) is 25.4. The van der Waals surface area contributed by atoms with Crippen molar-refractivity contribution in [2.24, 2.45) is 0 Å². The van der Waals surface area contributed by atoms with E-state index in [1.165, 1.54) is 34.2 Å². The molecule has 198 valence electrons. The molecule has 0 fully saturated rings. The van der Waals surface area contributed by atoms with Crippen LogP contribution in [0.1, 0.15) is 67.1 Å². The molecule has 0 aliphatic carbocycles. The van der Waals surface area contributed by atoms with Crippen molar-refractivity contribution in [3.05, 3.63) is 84.8 Å². The predicted molar refractivity (Wildman–Crippen MR) is 162 cm³/mol. The van der Waals surface area contributed by atoms with E-state index >= 15 is 0 Å². The van der Waals surface area contributed by atoms with Gasteiger partial charge in [0.15, 0.2) is 5.13 Å². The van der Waals surface area contributed by atoms with Crippen molar-refractivity contribution in [1.29, 1.82) is 0 Å². The number of aromatic amines is 1. The van der Waals surface area contributed by atoms with Crippen LogP contribution < -0.4 is 5.32 Å². The summed E-state index contributed by atoms with van der Waals surface area (Å²) in [5, 5.41) is 13.2. The number of nitrogens with one attached hydrogen (secondary N) is 2. The van der Waals surface area contributed by atoms with E-state index in [2.05, 4.69) is 78.3 Å². The number of rotatable bonds is 12. The Bertz CT molecular complexity index is 1240. The second-order valence-corrected chi connectivity index (χ2v) is 11.9. The molecule has 37 heavy (non-hydrogen) atoms. The first-order valence-corrected chi connectivity index (χ1v) is 14.7. The molecular weight excluding hydrogens is 519 g/mol. The number of H-pyrrole nitrogens is 1. The number of amides is 1. The lowest BCUT2D eigenvalue weighted by atomic mass is 10.1. The van der Waals surface area contributed by atoms with Crippen molar-refractivity contribution < 1.29 is 4.79 Å². The summed E-state index contributed by atoms with van der Waals surface area (Å²) < 4.78 is 0. The molecule has 0 saturated heterocycles. The van der Waals surface area contributed by atoms with Crippen LogP contribution in [0.3, 0.4) is 0 Å². The van der Waals surface area contributed by atoms with E-state index in [0.717, 1.165) is 39.0 Å². The number of aryl methyl sites for hydroxylation is 1. The molecule has 0 aliphatic rings. The van der Waals surface area contributed by atoms with Gasteiger partial charge in [0.2, 0.25) is 5.16 Å². The summed E-state index contributed by atoms with van der Waals surface area (Å²) in [5.41, 5.74) is 4.15. The number of thiazole rings is 1. The van der Waals surface area contributed by atoms with Crippen LogP contribution in [0.5, 0.6) is 0 Å². The third kappa shape index (κ3) is 10.7. The first-order chi connectivity index (χ1) is 17.6. The summed E-state index contributed by atoms with van der Waals surface area (Å²) >= 11 is 4.48. The monoisotopic (exact) mass is 555 g/mol. The number of aromatic nitrogens is 4. The van der Waals surface area contributed by atoms with Crippen molar-refractivity contribution in [3.63, 3.8) is 0 Å². The Labute approximate surface area is 233 Å². The topological polar surface area (TPSA) is 83.6 Å². The zero-order valence-electron chi connectivity index (χ0n) is 22.9. The molecule has 1 amide bonds. The summed E-state index contributed by atoms with van der Waals surface area (Å²) in [5.74, 6) is 0.617. The van der Waals surface area contributed by atoms with E-state index in [4.69, 9.17) is 0 Å². The summed E-state index contributed by atoms with van der Waals surface area (Å²) in [6.45, 7) is 16.4. The SMILES string of the molecule is CCC(C)=C/C(=C\C=C(C)C)SC(=C/C=C(\C)Sc1n[nH]c(C)n1)/C(C(=O)Nc1nccs1)=C(\C)CC. The van der Waals surface area contributed by atoms with Gasteiger partial charge in [-0.05, 0) is 77.5 Å². The minimum atomic E-state index is -0.158. The molecule has 6 nitrogen and oxygen atoms in total. The average Bonchev–Trinajstić information content (AvgIpc) is 3.51. The lowest BCUT2D eigenvalue weighted by molar-refractivity contribution is -0.112. The van der Waals surface area contributed by atoms with Crippen LogP contribution >= 0.6 is 34.9 Å². The fourth-order valence-electron chi connectivity index (χ4n) is 2.88. The molecular formula is C28H37N5OS3. The molecule has 2 aromatic rings. The average molecular weight is 556 g/mol. The lowest BCUT2D eigenvalue weighted by Crippen LogP contribution is -2.16. The van der Waals surface area contributed by atoms with Crippen LogP contribution in [-0.4, -0.2) is 26.1 Å². The molecule has 9 heteroatoms. The second-order valence-electron chi connectivity index (χ2n) is 8.67. The van der Waals surface area contributed by atoms with Gasteiger partial charge < -0.3 is 0 Å². The number of allylic oxidation sites excluding steroid dienone is 9. The maximum atomic E-state index is 13.6. The fourth-order valence-corrected chi connectivity index (χ4v) is 5.25. The van der Waals surface area contributed by atoms with Crippen LogP contribution in [0.25, 0.3) is 0 Å². The molecule has 0 atom stereocenters. The van der Waals surface area contributed by atoms with Crippen molar-refractivity contribution >= 4 is 45.9 Å². The van der Waals surface area contributed by atoms with Crippen LogP contribution in [0.4, 0.5) is 5.13 Å².